The quantitative estimate of drug-likeness (QED) is 0.753. The minimum atomic E-state index is 0. The van der Waals surface area contributed by atoms with Crippen LogP contribution in [0.25, 0.3) is 0 Å². The molecule has 0 aromatic heterocycles. The molecular formula is C14H20ClIN2O3. The van der Waals surface area contributed by atoms with Crippen LogP contribution in [0.15, 0.2) is 12.1 Å². The van der Waals surface area contributed by atoms with E-state index in [1.54, 1.807) is 20.3 Å². The third-order valence-corrected chi connectivity index (χ3v) is 4.25. The molecule has 0 radical (unpaired) electrons. The Morgan fingerprint density at radius 2 is 1.95 bits per heavy atom. The zero-order chi connectivity index (χ0) is 14.7. The van der Waals surface area contributed by atoms with Crippen LogP contribution in [-0.4, -0.2) is 50.7 Å². The first-order valence-electron chi connectivity index (χ1n) is 6.51. The number of amides is 1. The molecule has 5 nitrogen and oxygen atoms in total. The molecule has 2 rings (SSSR count). The third-order valence-electron chi connectivity index (χ3n) is 3.36. The van der Waals surface area contributed by atoms with E-state index in [0.29, 0.717) is 23.1 Å². The number of piperazine rings is 1. The number of rotatable bonds is 3. The minimum Gasteiger partial charge on any atom is -0.493 e. The van der Waals surface area contributed by atoms with Crippen molar-refractivity contribution in [2.24, 2.45) is 0 Å². The van der Waals surface area contributed by atoms with Gasteiger partial charge in [0.25, 0.3) is 5.91 Å². The second-order valence-corrected chi connectivity index (χ2v) is 5.96. The molecule has 0 spiro atoms. The van der Waals surface area contributed by atoms with Crippen LogP contribution in [0, 0.1) is 3.57 Å². The molecule has 1 aliphatic heterocycles. The lowest BCUT2D eigenvalue weighted by Crippen LogP contribution is -2.51. The number of hydrogen-bond donors (Lipinski definition) is 1. The van der Waals surface area contributed by atoms with Gasteiger partial charge in [0.05, 0.1) is 19.8 Å². The fraction of sp³-hybridized carbons (Fsp3) is 0.500. The minimum absolute atomic E-state index is 0. The van der Waals surface area contributed by atoms with Gasteiger partial charge in [-0.1, -0.05) is 0 Å². The van der Waals surface area contributed by atoms with E-state index in [-0.39, 0.29) is 18.3 Å². The molecule has 1 heterocycles. The molecule has 0 aliphatic carbocycles. The van der Waals surface area contributed by atoms with Gasteiger partial charge in [-0.05, 0) is 41.6 Å². The van der Waals surface area contributed by atoms with E-state index in [9.17, 15) is 4.79 Å². The van der Waals surface area contributed by atoms with Crippen LogP contribution < -0.4 is 14.8 Å². The summed E-state index contributed by atoms with van der Waals surface area (Å²) in [5, 5.41) is 3.33. The van der Waals surface area contributed by atoms with Crippen LogP contribution in [0.1, 0.15) is 17.3 Å². The summed E-state index contributed by atoms with van der Waals surface area (Å²) in [5.74, 6) is 1.27. The van der Waals surface area contributed by atoms with Crippen molar-refractivity contribution in [2.75, 3.05) is 33.9 Å². The van der Waals surface area contributed by atoms with Crippen LogP contribution >= 0.6 is 35.0 Å². The van der Waals surface area contributed by atoms with Gasteiger partial charge in [-0.2, -0.15) is 0 Å². The molecule has 0 bridgehead atoms. The number of nitrogens with zero attached hydrogens (tertiary/aromatic N) is 1. The molecule has 1 N–H and O–H groups in total. The van der Waals surface area contributed by atoms with E-state index in [0.717, 1.165) is 23.2 Å². The van der Waals surface area contributed by atoms with Crippen LogP contribution in [0.3, 0.4) is 0 Å². The van der Waals surface area contributed by atoms with Crippen molar-refractivity contribution in [1.82, 2.24) is 10.2 Å². The Morgan fingerprint density at radius 3 is 2.52 bits per heavy atom. The first kappa shape index (κ1) is 18.3. The van der Waals surface area contributed by atoms with Crippen molar-refractivity contribution in [3.63, 3.8) is 0 Å². The second kappa shape index (κ2) is 8.05. The van der Waals surface area contributed by atoms with E-state index in [1.165, 1.54) is 0 Å². The van der Waals surface area contributed by atoms with Crippen LogP contribution in [-0.2, 0) is 0 Å². The highest BCUT2D eigenvalue weighted by Gasteiger charge is 2.24. The van der Waals surface area contributed by atoms with E-state index in [1.807, 2.05) is 11.0 Å². The molecule has 1 fully saturated rings. The Labute approximate surface area is 144 Å². The summed E-state index contributed by atoms with van der Waals surface area (Å²) >= 11 is 2.16. The molecular weight excluding hydrogens is 407 g/mol. The molecule has 118 valence electrons. The number of carbonyl (C=O) groups excluding carboxylic acids is 1. The van der Waals surface area contributed by atoms with E-state index in [2.05, 4.69) is 34.8 Å². The predicted octanol–water partition coefficient (Wildman–Crippen LogP) is 2.16. The molecule has 1 atom stereocenters. The largest absolute Gasteiger partial charge is 0.493 e. The number of nitrogens with one attached hydrogen (secondary N) is 1. The average Bonchev–Trinajstić information content (AvgIpc) is 2.46. The van der Waals surface area contributed by atoms with Gasteiger partial charge in [-0.15, -0.1) is 12.4 Å². The molecule has 1 unspecified atom stereocenters. The van der Waals surface area contributed by atoms with Crippen molar-refractivity contribution in [3.8, 4) is 11.5 Å². The molecule has 1 aliphatic rings. The number of halogens is 2. The molecule has 1 aromatic carbocycles. The smallest absolute Gasteiger partial charge is 0.255 e. The Balaban J connectivity index is 0.00000220. The summed E-state index contributed by atoms with van der Waals surface area (Å²) in [7, 11) is 3.17. The second-order valence-electron chi connectivity index (χ2n) is 4.79. The number of benzene rings is 1. The van der Waals surface area contributed by atoms with Gasteiger partial charge in [0.15, 0.2) is 11.5 Å². The first-order valence-corrected chi connectivity index (χ1v) is 7.59. The maximum absolute atomic E-state index is 12.6. The third kappa shape index (κ3) is 4.14. The van der Waals surface area contributed by atoms with Crippen molar-refractivity contribution in [3.05, 3.63) is 21.3 Å². The Hall–Kier alpha value is -0.730. The van der Waals surface area contributed by atoms with Crippen molar-refractivity contribution in [1.29, 1.82) is 0 Å². The SMILES string of the molecule is COc1cc(I)c(C(=O)N2CCNC(C)C2)cc1OC.Cl. The number of methoxy groups -OCH3 is 2. The van der Waals surface area contributed by atoms with Crippen LogP contribution in [0.2, 0.25) is 0 Å². The summed E-state index contributed by atoms with van der Waals surface area (Å²) in [4.78, 5) is 14.5. The number of ether oxygens (including phenoxy) is 2. The lowest BCUT2D eigenvalue weighted by Gasteiger charge is -2.32. The molecule has 1 saturated heterocycles. The van der Waals surface area contributed by atoms with Crippen molar-refractivity contribution in [2.45, 2.75) is 13.0 Å². The first-order chi connectivity index (χ1) is 9.56. The van der Waals surface area contributed by atoms with Gasteiger partial charge in [-0.25, -0.2) is 0 Å². The lowest BCUT2D eigenvalue weighted by molar-refractivity contribution is 0.0707. The standard InChI is InChI=1S/C14H19IN2O3.ClH/c1-9-8-17(5-4-16-9)14(18)10-6-12(19-2)13(20-3)7-11(10)15;/h6-7,9,16H,4-5,8H2,1-3H3;1H. The molecule has 21 heavy (non-hydrogen) atoms. The van der Waals surface area contributed by atoms with Gasteiger partial charge >= 0.3 is 0 Å². The van der Waals surface area contributed by atoms with E-state index >= 15 is 0 Å². The fourth-order valence-electron chi connectivity index (χ4n) is 2.31. The summed E-state index contributed by atoms with van der Waals surface area (Å²) in [6, 6.07) is 3.92. The monoisotopic (exact) mass is 426 g/mol. The summed E-state index contributed by atoms with van der Waals surface area (Å²) < 4.78 is 11.4. The maximum Gasteiger partial charge on any atom is 0.255 e. The van der Waals surface area contributed by atoms with Gasteiger partial charge < -0.3 is 19.7 Å². The number of hydrogen-bond acceptors (Lipinski definition) is 4. The zero-order valence-electron chi connectivity index (χ0n) is 12.3. The fourth-order valence-corrected chi connectivity index (χ4v) is 2.97. The molecule has 7 heteroatoms. The van der Waals surface area contributed by atoms with E-state index in [4.69, 9.17) is 9.47 Å². The molecule has 1 amide bonds. The van der Waals surface area contributed by atoms with Gasteiger partial charge in [0.1, 0.15) is 0 Å². The highest BCUT2D eigenvalue weighted by molar-refractivity contribution is 14.1. The normalized spacial score (nSPS) is 17.9. The van der Waals surface area contributed by atoms with Crippen LogP contribution in [0.4, 0.5) is 0 Å². The Bertz CT molecular complexity index is 513. The summed E-state index contributed by atoms with van der Waals surface area (Å²) in [6.07, 6.45) is 0. The van der Waals surface area contributed by atoms with Gasteiger partial charge in [-0.3, -0.25) is 4.79 Å². The summed E-state index contributed by atoms with van der Waals surface area (Å²) in [6.45, 7) is 4.37. The van der Waals surface area contributed by atoms with Crippen molar-refractivity contribution < 1.29 is 14.3 Å². The Kier molecular flexibility index (Phi) is 7.02. The highest BCUT2D eigenvalue weighted by Crippen LogP contribution is 2.32. The lowest BCUT2D eigenvalue weighted by atomic mass is 10.1. The van der Waals surface area contributed by atoms with E-state index < -0.39 is 0 Å². The zero-order valence-corrected chi connectivity index (χ0v) is 15.3. The topological polar surface area (TPSA) is 50.8 Å². The highest BCUT2D eigenvalue weighted by atomic mass is 127. The van der Waals surface area contributed by atoms with Crippen molar-refractivity contribution >= 4 is 40.9 Å². The molecule has 1 aromatic rings. The summed E-state index contributed by atoms with van der Waals surface area (Å²) in [5.41, 5.74) is 0.664. The maximum atomic E-state index is 12.6. The number of carbonyl (C=O) groups is 1. The van der Waals surface area contributed by atoms with Crippen LogP contribution in [0.5, 0.6) is 11.5 Å². The average molecular weight is 427 g/mol. The van der Waals surface area contributed by atoms with Gasteiger partial charge in [0, 0.05) is 29.2 Å². The molecule has 0 saturated carbocycles. The predicted molar refractivity (Wildman–Crippen MR) is 92.9 cm³/mol. The van der Waals surface area contributed by atoms with Gasteiger partial charge in [0.2, 0.25) is 0 Å². The Morgan fingerprint density at radius 1 is 1.33 bits per heavy atom.